The maximum Gasteiger partial charge on any atom is 0.237 e. The summed E-state index contributed by atoms with van der Waals surface area (Å²) in [7, 11) is 0. The topological polar surface area (TPSA) is 20.3 Å². The molecule has 52 valence electrons. The molecule has 1 aliphatic rings. The number of carbonyl (C=O) groups excluding carboxylic acids is 1. The molecule has 0 saturated carbocycles. The molecule has 0 aromatic heterocycles. The summed E-state index contributed by atoms with van der Waals surface area (Å²) in [6.45, 7) is 0.455. The number of hydrogen-bond acceptors (Lipinski definition) is 1. The fourth-order valence-electron chi connectivity index (χ4n) is 0.713. The molecule has 0 aliphatic carbocycles. The molecule has 0 bridgehead atoms. The summed E-state index contributed by atoms with van der Waals surface area (Å²) >= 11 is 5.19. The highest BCUT2D eigenvalue weighted by Crippen LogP contribution is 2.10. The van der Waals surface area contributed by atoms with Gasteiger partial charge in [-0.05, 0) is 0 Å². The lowest BCUT2D eigenvalue weighted by Gasteiger charge is -2.33. The number of carbonyl (C=O) groups is 1. The molecule has 0 unspecified atom stereocenters. The Labute approximate surface area is 57.6 Å². The number of alkyl halides is 2. The summed E-state index contributed by atoms with van der Waals surface area (Å²) in [6.07, 6.45) is -0.822. The van der Waals surface area contributed by atoms with Gasteiger partial charge >= 0.3 is 0 Å². The zero-order chi connectivity index (χ0) is 6.85. The number of hydrogen-bond donors (Lipinski definition) is 0. The highest BCUT2D eigenvalue weighted by atomic mass is 35.5. The third-order valence-electron chi connectivity index (χ3n) is 1.30. The SMILES string of the molecule is O=C(CCl)N1CC(F)C1. The maximum absolute atomic E-state index is 12.0. The van der Waals surface area contributed by atoms with Gasteiger partial charge in [0.1, 0.15) is 12.1 Å². The van der Waals surface area contributed by atoms with Crippen LogP contribution in [0.4, 0.5) is 4.39 Å². The van der Waals surface area contributed by atoms with E-state index in [-0.39, 0.29) is 24.9 Å². The first kappa shape index (κ1) is 6.81. The molecule has 0 aromatic carbocycles. The Morgan fingerprint density at radius 1 is 1.78 bits per heavy atom. The van der Waals surface area contributed by atoms with Crippen LogP contribution < -0.4 is 0 Å². The quantitative estimate of drug-likeness (QED) is 0.497. The molecule has 0 radical (unpaired) electrons. The number of halogens is 2. The van der Waals surface area contributed by atoms with E-state index >= 15 is 0 Å². The van der Waals surface area contributed by atoms with Crippen molar-refractivity contribution in [2.24, 2.45) is 0 Å². The largest absolute Gasteiger partial charge is 0.336 e. The first-order valence-electron chi connectivity index (χ1n) is 2.72. The molecule has 0 N–H and O–H groups in total. The van der Waals surface area contributed by atoms with Crippen molar-refractivity contribution in [1.82, 2.24) is 4.90 Å². The van der Waals surface area contributed by atoms with Crippen molar-refractivity contribution >= 4 is 17.5 Å². The third kappa shape index (κ3) is 1.33. The molecule has 1 amide bonds. The fraction of sp³-hybridized carbons (Fsp3) is 0.800. The summed E-state index contributed by atoms with van der Waals surface area (Å²) in [5, 5.41) is 0. The Kier molecular flexibility index (Phi) is 1.90. The Hall–Kier alpha value is -0.310. The Morgan fingerprint density at radius 3 is 2.67 bits per heavy atom. The van der Waals surface area contributed by atoms with Gasteiger partial charge in [-0.15, -0.1) is 11.6 Å². The first-order chi connectivity index (χ1) is 4.24. The Morgan fingerprint density at radius 2 is 2.33 bits per heavy atom. The van der Waals surface area contributed by atoms with Gasteiger partial charge < -0.3 is 4.90 Å². The van der Waals surface area contributed by atoms with Gasteiger partial charge in [-0.1, -0.05) is 0 Å². The summed E-state index contributed by atoms with van der Waals surface area (Å²) in [5.41, 5.74) is 0. The highest BCUT2D eigenvalue weighted by Gasteiger charge is 2.29. The van der Waals surface area contributed by atoms with Crippen LogP contribution in [0, 0.1) is 0 Å². The average Bonchev–Trinajstić information content (AvgIpc) is 1.79. The van der Waals surface area contributed by atoms with Crippen LogP contribution in [0.25, 0.3) is 0 Å². The summed E-state index contributed by atoms with van der Waals surface area (Å²) in [5.74, 6) is -0.210. The van der Waals surface area contributed by atoms with Gasteiger partial charge in [-0.2, -0.15) is 0 Å². The molecule has 0 atom stereocenters. The van der Waals surface area contributed by atoms with Crippen molar-refractivity contribution in [2.75, 3.05) is 19.0 Å². The van der Waals surface area contributed by atoms with Gasteiger partial charge in [0.05, 0.1) is 13.1 Å². The monoisotopic (exact) mass is 151 g/mol. The van der Waals surface area contributed by atoms with Gasteiger partial charge in [0.15, 0.2) is 0 Å². The highest BCUT2D eigenvalue weighted by molar-refractivity contribution is 6.27. The van der Waals surface area contributed by atoms with Crippen LogP contribution in [0.2, 0.25) is 0 Å². The second-order valence-electron chi connectivity index (χ2n) is 2.03. The van der Waals surface area contributed by atoms with Crippen molar-refractivity contribution in [1.29, 1.82) is 0 Å². The van der Waals surface area contributed by atoms with Crippen LogP contribution in [0.5, 0.6) is 0 Å². The van der Waals surface area contributed by atoms with Crippen molar-refractivity contribution < 1.29 is 9.18 Å². The molecular formula is C5H7ClFNO. The second-order valence-corrected chi connectivity index (χ2v) is 2.30. The van der Waals surface area contributed by atoms with E-state index in [1.165, 1.54) is 4.90 Å². The van der Waals surface area contributed by atoms with E-state index in [9.17, 15) is 9.18 Å². The van der Waals surface area contributed by atoms with Crippen LogP contribution >= 0.6 is 11.6 Å². The predicted molar refractivity (Wildman–Crippen MR) is 32.2 cm³/mol. The molecule has 1 aliphatic heterocycles. The zero-order valence-corrected chi connectivity index (χ0v) is 5.57. The lowest BCUT2D eigenvalue weighted by atomic mass is 10.2. The first-order valence-corrected chi connectivity index (χ1v) is 3.25. The lowest BCUT2D eigenvalue weighted by Crippen LogP contribution is -2.51. The van der Waals surface area contributed by atoms with E-state index in [1.54, 1.807) is 0 Å². The fourth-order valence-corrected chi connectivity index (χ4v) is 0.882. The van der Waals surface area contributed by atoms with E-state index < -0.39 is 6.17 Å². The van der Waals surface area contributed by atoms with Gasteiger partial charge in [0.2, 0.25) is 5.91 Å². The smallest absolute Gasteiger partial charge is 0.237 e. The molecular weight excluding hydrogens is 145 g/mol. The molecule has 1 heterocycles. The van der Waals surface area contributed by atoms with E-state index in [4.69, 9.17) is 11.6 Å². The van der Waals surface area contributed by atoms with E-state index in [1.807, 2.05) is 0 Å². The molecule has 9 heavy (non-hydrogen) atoms. The number of rotatable bonds is 1. The van der Waals surface area contributed by atoms with Crippen LogP contribution in [-0.2, 0) is 4.79 Å². The van der Waals surface area contributed by atoms with Crippen molar-refractivity contribution in [2.45, 2.75) is 6.17 Å². The Balaban J connectivity index is 2.23. The number of nitrogens with zero attached hydrogens (tertiary/aromatic N) is 1. The number of likely N-dealkylation sites (tertiary alicyclic amines) is 1. The van der Waals surface area contributed by atoms with E-state index in [0.29, 0.717) is 0 Å². The van der Waals surface area contributed by atoms with Crippen LogP contribution in [0.3, 0.4) is 0 Å². The van der Waals surface area contributed by atoms with E-state index in [2.05, 4.69) is 0 Å². The van der Waals surface area contributed by atoms with Crippen LogP contribution in [-0.4, -0.2) is 35.9 Å². The number of amides is 1. The standard InChI is InChI=1S/C5H7ClFNO/c6-1-5(9)8-2-4(7)3-8/h4H,1-3H2. The molecule has 0 aromatic rings. The van der Waals surface area contributed by atoms with Gasteiger partial charge in [-0.25, -0.2) is 4.39 Å². The second kappa shape index (κ2) is 2.52. The maximum atomic E-state index is 12.0. The van der Waals surface area contributed by atoms with Crippen LogP contribution in [0.1, 0.15) is 0 Å². The van der Waals surface area contributed by atoms with E-state index in [0.717, 1.165) is 0 Å². The minimum absolute atomic E-state index is 0.0350. The summed E-state index contributed by atoms with van der Waals surface area (Å²) in [4.78, 5) is 12.0. The predicted octanol–water partition coefficient (Wildman–Crippen LogP) is 0.406. The average molecular weight is 152 g/mol. The van der Waals surface area contributed by atoms with Crippen molar-refractivity contribution in [3.8, 4) is 0 Å². The minimum atomic E-state index is -0.822. The van der Waals surface area contributed by atoms with Crippen LogP contribution in [0.15, 0.2) is 0 Å². The van der Waals surface area contributed by atoms with Gasteiger partial charge in [0.25, 0.3) is 0 Å². The molecule has 0 spiro atoms. The summed E-state index contributed by atoms with van der Waals surface area (Å²) in [6, 6.07) is 0. The molecule has 1 saturated heterocycles. The lowest BCUT2D eigenvalue weighted by molar-refractivity contribution is -0.135. The van der Waals surface area contributed by atoms with Crippen molar-refractivity contribution in [3.63, 3.8) is 0 Å². The van der Waals surface area contributed by atoms with Gasteiger partial charge in [0, 0.05) is 0 Å². The minimum Gasteiger partial charge on any atom is -0.336 e. The molecule has 4 heteroatoms. The molecule has 1 fully saturated rings. The zero-order valence-electron chi connectivity index (χ0n) is 4.81. The summed E-state index contributed by atoms with van der Waals surface area (Å²) < 4.78 is 12.0. The van der Waals surface area contributed by atoms with Gasteiger partial charge in [-0.3, -0.25) is 4.79 Å². The molecule has 2 nitrogen and oxygen atoms in total. The third-order valence-corrected chi connectivity index (χ3v) is 1.53. The van der Waals surface area contributed by atoms with Crippen molar-refractivity contribution in [3.05, 3.63) is 0 Å². The molecule has 1 rings (SSSR count). The Bertz CT molecular complexity index is 124. The normalized spacial score (nSPS) is 19.6.